The lowest BCUT2D eigenvalue weighted by Gasteiger charge is -2.37. The van der Waals surface area contributed by atoms with Gasteiger partial charge in [-0.1, -0.05) is 42.5 Å². The fourth-order valence-corrected chi connectivity index (χ4v) is 6.35. The highest BCUT2D eigenvalue weighted by molar-refractivity contribution is 6.00. The first-order valence-corrected chi connectivity index (χ1v) is 13.4. The van der Waals surface area contributed by atoms with Crippen molar-refractivity contribution in [1.29, 1.82) is 0 Å². The van der Waals surface area contributed by atoms with Gasteiger partial charge in [-0.25, -0.2) is 4.79 Å². The summed E-state index contributed by atoms with van der Waals surface area (Å²) >= 11 is 0. The van der Waals surface area contributed by atoms with E-state index in [2.05, 4.69) is 48.3 Å². The molecule has 3 heterocycles. The Morgan fingerprint density at radius 2 is 1.55 bits per heavy atom. The molecule has 1 atom stereocenters. The van der Waals surface area contributed by atoms with Crippen molar-refractivity contribution >= 4 is 23.0 Å². The predicted octanol–water partition coefficient (Wildman–Crippen LogP) is 7.69. The molecule has 3 aliphatic rings. The van der Waals surface area contributed by atoms with Gasteiger partial charge in [0.15, 0.2) is 5.60 Å². The number of nitrogens with zero attached hydrogens (tertiary/aromatic N) is 1. The molecule has 7 rings (SSSR count). The molecule has 190 valence electrons. The second-order valence-electron chi connectivity index (χ2n) is 10.6. The van der Waals surface area contributed by atoms with E-state index < -0.39 is 5.60 Å². The van der Waals surface area contributed by atoms with E-state index in [4.69, 9.17) is 9.47 Å². The van der Waals surface area contributed by atoms with Crippen molar-refractivity contribution in [3.8, 4) is 11.5 Å². The number of nitrogens with one attached hydrogen (secondary N) is 1. The molecule has 0 aliphatic carbocycles. The molecule has 0 radical (unpaired) electrons. The van der Waals surface area contributed by atoms with Crippen molar-refractivity contribution in [3.63, 3.8) is 0 Å². The second kappa shape index (κ2) is 8.66. The Morgan fingerprint density at radius 1 is 0.868 bits per heavy atom. The number of carbonyl (C=O) groups is 1. The lowest BCUT2D eigenvalue weighted by atomic mass is 9.76. The number of anilines is 3. The molecule has 3 aliphatic heterocycles. The number of hydrogen-bond donors (Lipinski definition) is 1. The summed E-state index contributed by atoms with van der Waals surface area (Å²) < 4.78 is 12.7. The molecule has 1 spiro atoms. The van der Waals surface area contributed by atoms with Crippen LogP contribution < -0.4 is 15.0 Å². The van der Waals surface area contributed by atoms with Crippen LogP contribution in [0.2, 0.25) is 0 Å². The Hall–Kier alpha value is -4.25. The average Bonchev–Trinajstić information content (AvgIpc) is 3.24. The average molecular weight is 503 g/mol. The molecule has 1 saturated heterocycles. The normalized spacial score (nSPS) is 18.7. The molecular formula is C33H30N2O3. The first-order valence-electron chi connectivity index (χ1n) is 13.4. The standard InChI is InChI=1S/C33H30N2O3/c1-21-14-19-25-30(31(21)34-23-15-17-24(18-16-23)35-20-8-7-9-22(35)2)33(38-32(25)36)26-10-3-5-12-28(26)37-29-13-6-4-11-27(29)33/h3-6,10-19,22,34H,7-9,20H2,1-2H3. The smallest absolute Gasteiger partial charge is 0.340 e. The molecule has 1 N–H and O–H groups in total. The quantitative estimate of drug-likeness (QED) is 0.291. The van der Waals surface area contributed by atoms with E-state index in [9.17, 15) is 4.79 Å². The van der Waals surface area contributed by atoms with E-state index >= 15 is 0 Å². The third kappa shape index (κ3) is 3.34. The summed E-state index contributed by atoms with van der Waals surface area (Å²) in [7, 11) is 0. The summed E-state index contributed by atoms with van der Waals surface area (Å²) in [6.45, 7) is 5.48. The molecule has 0 bridgehead atoms. The minimum absolute atomic E-state index is 0.330. The van der Waals surface area contributed by atoms with E-state index in [1.807, 2.05) is 60.7 Å². The predicted molar refractivity (Wildman–Crippen MR) is 150 cm³/mol. The van der Waals surface area contributed by atoms with Gasteiger partial charge < -0.3 is 19.7 Å². The number of ether oxygens (including phenoxy) is 2. The molecular weight excluding hydrogens is 472 g/mol. The molecule has 38 heavy (non-hydrogen) atoms. The number of hydrogen-bond acceptors (Lipinski definition) is 5. The van der Waals surface area contributed by atoms with Crippen LogP contribution in [-0.4, -0.2) is 18.6 Å². The van der Waals surface area contributed by atoms with E-state index in [0.29, 0.717) is 23.1 Å². The first kappa shape index (κ1) is 22.9. The van der Waals surface area contributed by atoms with Gasteiger partial charge >= 0.3 is 5.97 Å². The molecule has 5 nitrogen and oxygen atoms in total. The zero-order valence-electron chi connectivity index (χ0n) is 21.7. The summed E-state index contributed by atoms with van der Waals surface area (Å²) in [5, 5.41) is 3.68. The van der Waals surface area contributed by atoms with E-state index in [-0.39, 0.29) is 5.97 Å². The number of piperidine rings is 1. The molecule has 0 amide bonds. The van der Waals surface area contributed by atoms with Gasteiger partial charge in [0.1, 0.15) is 11.5 Å². The highest BCUT2D eigenvalue weighted by Gasteiger charge is 2.55. The Kier molecular flexibility index (Phi) is 5.22. The first-order chi connectivity index (χ1) is 18.6. The van der Waals surface area contributed by atoms with Crippen molar-refractivity contribution in [2.75, 3.05) is 16.8 Å². The van der Waals surface area contributed by atoms with Gasteiger partial charge in [-0.2, -0.15) is 0 Å². The number of esters is 1. The minimum Gasteiger partial charge on any atom is -0.456 e. The van der Waals surface area contributed by atoms with Crippen molar-refractivity contribution in [2.24, 2.45) is 0 Å². The van der Waals surface area contributed by atoms with Crippen LogP contribution in [0, 0.1) is 6.92 Å². The molecule has 5 heteroatoms. The zero-order valence-corrected chi connectivity index (χ0v) is 21.7. The summed E-state index contributed by atoms with van der Waals surface area (Å²) in [6, 6.07) is 28.7. The van der Waals surface area contributed by atoms with Crippen molar-refractivity contribution < 1.29 is 14.3 Å². The Bertz CT molecular complexity index is 1510. The van der Waals surface area contributed by atoms with Crippen LogP contribution in [0.3, 0.4) is 0 Å². The summed E-state index contributed by atoms with van der Waals surface area (Å²) in [5.74, 6) is 1.06. The number of fused-ring (bicyclic) bond motifs is 6. The van der Waals surface area contributed by atoms with Crippen LogP contribution in [0.15, 0.2) is 84.9 Å². The van der Waals surface area contributed by atoms with Gasteiger partial charge in [-0.05, 0) is 81.1 Å². The fraction of sp³-hybridized carbons (Fsp3) is 0.242. The monoisotopic (exact) mass is 502 g/mol. The fourth-order valence-electron chi connectivity index (χ4n) is 6.35. The number of aryl methyl sites for hydroxylation is 1. The number of para-hydroxylation sites is 2. The summed E-state index contributed by atoms with van der Waals surface area (Å²) in [5.41, 5.74) is 6.11. The minimum atomic E-state index is -1.10. The maximum Gasteiger partial charge on any atom is 0.340 e. The van der Waals surface area contributed by atoms with E-state index in [0.717, 1.165) is 40.2 Å². The molecule has 1 fully saturated rings. The van der Waals surface area contributed by atoms with Crippen molar-refractivity contribution in [3.05, 3.63) is 113 Å². The van der Waals surface area contributed by atoms with Gasteiger partial charge in [0.05, 0.1) is 11.3 Å². The number of carbonyl (C=O) groups excluding carboxylic acids is 1. The highest BCUT2D eigenvalue weighted by Crippen LogP contribution is 2.58. The second-order valence-corrected chi connectivity index (χ2v) is 10.6. The molecule has 0 aromatic heterocycles. The van der Waals surface area contributed by atoms with Crippen LogP contribution >= 0.6 is 0 Å². The largest absolute Gasteiger partial charge is 0.456 e. The van der Waals surface area contributed by atoms with Gasteiger partial charge in [0, 0.05) is 40.7 Å². The lowest BCUT2D eigenvalue weighted by molar-refractivity contribution is 0.0226. The van der Waals surface area contributed by atoms with Crippen LogP contribution in [0.25, 0.3) is 0 Å². The summed E-state index contributed by atoms with van der Waals surface area (Å²) in [4.78, 5) is 15.9. The Labute approximate surface area is 223 Å². The molecule has 0 saturated carbocycles. The van der Waals surface area contributed by atoms with Crippen molar-refractivity contribution in [2.45, 2.75) is 44.8 Å². The topological polar surface area (TPSA) is 50.8 Å². The third-order valence-corrected chi connectivity index (χ3v) is 8.26. The molecule has 4 aromatic rings. The SMILES string of the molecule is Cc1ccc2c(c1Nc1ccc(N3CCCCC3C)cc1)C1(OC2=O)c2ccccc2Oc2ccccc21. The number of rotatable bonds is 3. The van der Waals surface area contributed by atoms with Crippen LogP contribution in [0.1, 0.15) is 58.8 Å². The lowest BCUT2D eigenvalue weighted by Crippen LogP contribution is -2.37. The highest BCUT2D eigenvalue weighted by atomic mass is 16.6. The number of benzene rings is 4. The van der Waals surface area contributed by atoms with Gasteiger partial charge in [-0.15, -0.1) is 0 Å². The Balaban J connectivity index is 1.37. The Morgan fingerprint density at radius 3 is 2.24 bits per heavy atom. The van der Waals surface area contributed by atoms with Crippen molar-refractivity contribution in [1.82, 2.24) is 0 Å². The van der Waals surface area contributed by atoms with Crippen LogP contribution in [-0.2, 0) is 10.3 Å². The van der Waals surface area contributed by atoms with Gasteiger partial charge in [0.25, 0.3) is 0 Å². The van der Waals surface area contributed by atoms with Gasteiger partial charge in [0.2, 0.25) is 0 Å². The zero-order chi connectivity index (χ0) is 25.9. The summed E-state index contributed by atoms with van der Waals surface area (Å²) in [6.07, 6.45) is 3.77. The van der Waals surface area contributed by atoms with Crippen LogP contribution in [0.5, 0.6) is 11.5 Å². The molecule has 4 aromatic carbocycles. The van der Waals surface area contributed by atoms with Crippen LogP contribution in [0.4, 0.5) is 17.1 Å². The molecule has 1 unspecified atom stereocenters. The van der Waals surface area contributed by atoms with Gasteiger partial charge in [-0.3, -0.25) is 0 Å². The van der Waals surface area contributed by atoms with E-state index in [1.165, 1.54) is 24.9 Å². The van der Waals surface area contributed by atoms with E-state index in [1.54, 1.807) is 0 Å². The third-order valence-electron chi connectivity index (χ3n) is 8.26. The maximum atomic E-state index is 13.4. The maximum absolute atomic E-state index is 13.4.